The van der Waals surface area contributed by atoms with Crippen molar-refractivity contribution in [3.63, 3.8) is 0 Å². The predicted molar refractivity (Wildman–Crippen MR) is 138 cm³/mol. The molecular formula is C25H50BBrP+. The van der Waals surface area contributed by atoms with Gasteiger partial charge in [-0.2, -0.15) is 0 Å². The summed E-state index contributed by atoms with van der Waals surface area (Å²) in [6.45, 7) is 15.8. The molecule has 0 bridgehead atoms. The van der Waals surface area contributed by atoms with E-state index in [-0.39, 0.29) is 0 Å². The summed E-state index contributed by atoms with van der Waals surface area (Å²) < 4.78 is 0. The highest BCUT2D eigenvalue weighted by molar-refractivity contribution is 9.42. The molecule has 2 fully saturated rings. The van der Waals surface area contributed by atoms with Gasteiger partial charge in [-0.25, -0.2) is 0 Å². The normalized spacial score (nSPS) is 21.1. The quantitative estimate of drug-likeness (QED) is 0.187. The summed E-state index contributed by atoms with van der Waals surface area (Å²) in [7, 11) is 0. The molecule has 0 amide bonds. The summed E-state index contributed by atoms with van der Waals surface area (Å²) in [5.74, 6) is 1.00. The van der Waals surface area contributed by atoms with E-state index in [0.717, 1.165) is 18.3 Å². The van der Waals surface area contributed by atoms with Crippen LogP contribution >= 0.6 is 21.5 Å². The summed E-state index contributed by atoms with van der Waals surface area (Å²) in [5.41, 5.74) is 0. The second kappa shape index (κ2) is 11.0. The molecule has 0 N–H and O–H groups in total. The van der Waals surface area contributed by atoms with Gasteiger partial charge in [-0.3, -0.25) is 0 Å². The van der Waals surface area contributed by atoms with Crippen LogP contribution < -0.4 is 0 Å². The van der Waals surface area contributed by atoms with Crippen LogP contribution in [0.2, 0.25) is 18.0 Å². The van der Waals surface area contributed by atoms with Crippen molar-refractivity contribution in [2.75, 3.05) is 6.16 Å². The molecule has 0 aromatic rings. The highest BCUT2D eigenvalue weighted by Crippen LogP contribution is 2.82. The molecule has 0 unspecified atom stereocenters. The fraction of sp³-hybridized carbons (Fsp3) is 1.00. The van der Waals surface area contributed by atoms with E-state index < -0.39 is 5.96 Å². The molecule has 0 aliphatic heterocycles. The molecule has 2 aliphatic rings. The van der Waals surface area contributed by atoms with Gasteiger partial charge < -0.3 is 0 Å². The van der Waals surface area contributed by atoms with Crippen molar-refractivity contribution in [2.45, 2.75) is 153 Å². The van der Waals surface area contributed by atoms with Gasteiger partial charge in [0.05, 0.1) is 22.4 Å². The van der Waals surface area contributed by atoms with E-state index in [1.165, 1.54) is 70.3 Å². The van der Waals surface area contributed by atoms with Crippen molar-refractivity contribution in [1.82, 2.24) is 0 Å². The van der Waals surface area contributed by atoms with Crippen LogP contribution in [0.15, 0.2) is 0 Å². The minimum atomic E-state index is -1.14. The Morgan fingerprint density at radius 2 is 1.11 bits per heavy atom. The van der Waals surface area contributed by atoms with E-state index in [1.807, 2.05) is 0 Å². The number of rotatable bonds is 8. The Bertz CT molecular complexity index is 406. The lowest BCUT2D eigenvalue weighted by molar-refractivity contribution is 0.459. The maximum Gasteiger partial charge on any atom is 0.146 e. The molecule has 0 atom stereocenters. The zero-order chi connectivity index (χ0) is 20.8. The van der Waals surface area contributed by atoms with E-state index in [0.29, 0.717) is 10.3 Å². The van der Waals surface area contributed by atoms with Crippen LogP contribution in [-0.4, -0.2) is 23.2 Å². The van der Waals surface area contributed by atoms with Gasteiger partial charge in [0.15, 0.2) is 0 Å². The summed E-state index contributed by atoms with van der Waals surface area (Å²) >= 11 is 4.34. The van der Waals surface area contributed by atoms with Gasteiger partial charge in [0.25, 0.3) is 0 Å². The highest BCUT2D eigenvalue weighted by Gasteiger charge is 2.56. The number of hydrogen-bond acceptors (Lipinski definition) is 0. The molecule has 3 heteroatoms. The lowest BCUT2D eigenvalue weighted by Crippen LogP contribution is -2.32. The fourth-order valence-electron chi connectivity index (χ4n) is 6.54. The highest BCUT2D eigenvalue weighted by atomic mass is 79.9. The molecule has 0 spiro atoms. The van der Waals surface area contributed by atoms with Gasteiger partial charge in [0.1, 0.15) is 22.2 Å². The third-order valence-electron chi connectivity index (χ3n) is 8.14. The molecular weight excluding hydrogens is 422 g/mol. The first-order valence-electron chi connectivity index (χ1n) is 12.6. The molecule has 2 rings (SSSR count). The topological polar surface area (TPSA) is 0 Å². The van der Waals surface area contributed by atoms with Crippen LogP contribution in [0.4, 0.5) is 0 Å². The predicted octanol–water partition coefficient (Wildman–Crippen LogP) is 10.2. The first-order valence-corrected chi connectivity index (χ1v) is 16.6. The third kappa shape index (κ3) is 6.74. The van der Waals surface area contributed by atoms with E-state index >= 15 is 0 Å². The van der Waals surface area contributed by atoms with Crippen LogP contribution in [-0.2, 0) is 0 Å². The van der Waals surface area contributed by atoms with Gasteiger partial charge in [-0.1, -0.05) is 95.0 Å². The van der Waals surface area contributed by atoms with Crippen LogP contribution in [0.3, 0.4) is 0 Å². The zero-order valence-corrected chi connectivity index (χ0v) is 22.6. The largest absolute Gasteiger partial charge is 0.146 e. The maximum absolute atomic E-state index is 4.34. The summed E-state index contributed by atoms with van der Waals surface area (Å²) in [6, 6.07) is 0. The Kier molecular flexibility index (Phi) is 9.93. The van der Waals surface area contributed by atoms with Crippen molar-refractivity contribution in [3.05, 3.63) is 0 Å². The molecule has 0 saturated heterocycles. The van der Waals surface area contributed by atoms with E-state index in [1.54, 1.807) is 25.7 Å². The molecule has 28 heavy (non-hydrogen) atoms. The number of unbranched alkanes of at least 4 members (excludes halogenated alkanes) is 2. The molecule has 0 nitrogen and oxygen atoms in total. The lowest BCUT2D eigenvalue weighted by Gasteiger charge is -2.42. The third-order valence-corrected chi connectivity index (χ3v) is 20.8. The van der Waals surface area contributed by atoms with Crippen molar-refractivity contribution in [3.8, 4) is 0 Å². The first kappa shape index (κ1) is 25.2. The van der Waals surface area contributed by atoms with E-state index in [9.17, 15) is 0 Å². The Morgan fingerprint density at radius 1 is 0.679 bits per heavy atom. The van der Waals surface area contributed by atoms with Crippen LogP contribution in [0.5, 0.6) is 0 Å². The lowest BCUT2D eigenvalue weighted by atomic mass is 9.28. The van der Waals surface area contributed by atoms with Crippen molar-refractivity contribution in [1.29, 1.82) is 0 Å². The standard InChI is InChI=1S/C25H50BBrP/c1-24(2,3)28(27,25(4,5)6)21-15-9-14-20-26(22-16-10-7-11-17-22)23-18-12-8-13-19-23/h22-23H,7-21H2,1-6H3/q+1. The first-order chi connectivity index (χ1) is 13.1. The Labute approximate surface area is 187 Å². The average molecular weight is 472 g/mol. The average Bonchev–Trinajstić information content (AvgIpc) is 2.64. The molecule has 0 aromatic heterocycles. The molecule has 164 valence electrons. The smallest absolute Gasteiger partial charge is 0.0737 e. The van der Waals surface area contributed by atoms with E-state index in [4.69, 9.17) is 0 Å². The molecule has 0 heterocycles. The second-order valence-corrected chi connectivity index (χ2v) is 20.3. The SMILES string of the molecule is CC(C)(C)[P+](Br)(CCCCCB(C1CCCCC1)C1CCCCC1)C(C)(C)C. The Balaban J connectivity index is 1.85. The van der Waals surface area contributed by atoms with Crippen molar-refractivity contribution in [2.24, 2.45) is 0 Å². The number of halogens is 1. The summed E-state index contributed by atoms with van der Waals surface area (Å²) in [6.07, 6.45) is 22.6. The zero-order valence-electron chi connectivity index (χ0n) is 20.2. The minimum absolute atomic E-state index is 0.401. The maximum atomic E-state index is 4.34. The van der Waals surface area contributed by atoms with Gasteiger partial charge in [-0.15, -0.1) is 0 Å². The van der Waals surface area contributed by atoms with Gasteiger partial charge in [-0.05, 0) is 48.0 Å². The second-order valence-electron chi connectivity index (χ2n) is 12.1. The van der Waals surface area contributed by atoms with Crippen LogP contribution in [0.25, 0.3) is 0 Å². The summed E-state index contributed by atoms with van der Waals surface area (Å²) in [4.78, 5) is 0. The van der Waals surface area contributed by atoms with Gasteiger partial charge in [0, 0.05) is 0 Å². The number of hydrogen-bond donors (Lipinski definition) is 0. The molecule has 0 aromatic carbocycles. The van der Waals surface area contributed by atoms with Gasteiger partial charge in [0.2, 0.25) is 0 Å². The molecule has 2 saturated carbocycles. The monoisotopic (exact) mass is 471 g/mol. The molecule has 0 radical (unpaired) electrons. The fourth-order valence-corrected chi connectivity index (χ4v) is 11.3. The van der Waals surface area contributed by atoms with Crippen molar-refractivity contribution >= 4 is 28.2 Å². The minimum Gasteiger partial charge on any atom is -0.0737 e. The van der Waals surface area contributed by atoms with E-state index in [2.05, 4.69) is 57.0 Å². The van der Waals surface area contributed by atoms with Crippen LogP contribution in [0, 0.1) is 0 Å². The van der Waals surface area contributed by atoms with Crippen LogP contribution in [0.1, 0.15) is 125 Å². The Hall–Kier alpha value is 0.975. The van der Waals surface area contributed by atoms with Gasteiger partial charge >= 0.3 is 0 Å². The Morgan fingerprint density at radius 3 is 1.50 bits per heavy atom. The van der Waals surface area contributed by atoms with Crippen molar-refractivity contribution < 1.29 is 0 Å². The molecule has 2 aliphatic carbocycles. The summed E-state index contributed by atoms with van der Waals surface area (Å²) in [5, 5.41) is 0.802.